The van der Waals surface area contributed by atoms with Crippen LogP contribution < -0.4 is 21.0 Å². The van der Waals surface area contributed by atoms with Crippen LogP contribution in [0.1, 0.15) is 0 Å². The highest BCUT2D eigenvalue weighted by molar-refractivity contribution is 9.10. The second-order valence-electron chi connectivity index (χ2n) is 6.56. The molecule has 1 fully saturated rings. The van der Waals surface area contributed by atoms with Crippen molar-refractivity contribution in [2.45, 2.75) is 0 Å². The van der Waals surface area contributed by atoms with Crippen LogP contribution in [-0.4, -0.2) is 35.7 Å². The Labute approximate surface area is 169 Å². The maximum atomic E-state index is 13.1. The highest BCUT2D eigenvalue weighted by atomic mass is 79.9. The molecular formula is C20H18BrFN4O2. The van der Waals surface area contributed by atoms with E-state index in [1.165, 1.54) is 18.2 Å². The van der Waals surface area contributed by atoms with Gasteiger partial charge < -0.3 is 9.80 Å². The number of hydrogen-bond donors (Lipinski definition) is 1. The van der Waals surface area contributed by atoms with E-state index in [0.717, 1.165) is 14.7 Å². The van der Waals surface area contributed by atoms with E-state index < -0.39 is 5.69 Å². The van der Waals surface area contributed by atoms with E-state index in [-0.39, 0.29) is 11.4 Å². The summed E-state index contributed by atoms with van der Waals surface area (Å²) in [6.07, 6.45) is 0. The van der Waals surface area contributed by atoms with E-state index in [1.54, 1.807) is 30.3 Å². The maximum absolute atomic E-state index is 13.1. The molecule has 0 radical (unpaired) electrons. The number of piperazine rings is 1. The Bertz CT molecular complexity index is 1070. The van der Waals surface area contributed by atoms with Crippen LogP contribution in [0.3, 0.4) is 0 Å². The molecule has 0 atom stereocenters. The number of nitrogens with zero attached hydrogens (tertiary/aromatic N) is 3. The molecule has 0 spiro atoms. The van der Waals surface area contributed by atoms with Gasteiger partial charge in [0.05, 0.1) is 5.69 Å². The number of hydrogen-bond acceptors (Lipinski definition) is 4. The molecule has 0 aliphatic carbocycles. The van der Waals surface area contributed by atoms with Gasteiger partial charge >= 0.3 is 5.69 Å². The highest BCUT2D eigenvalue weighted by Crippen LogP contribution is 2.19. The molecule has 1 aromatic heterocycles. The Hall–Kier alpha value is -2.87. The summed E-state index contributed by atoms with van der Waals surface area (Å²) < 4.78 is 15.0. The summed E-state index contributed by atoms with van der Waals surface area (Å²) in [6, 6.07) is 14.9. The number of H-pyrrole nitrogens is 1. The summed E-state index contributed by atoms with van der Waals surface area (Å²) in [4.78, 5) is 32.1. The van der Waals surface area contributed by atoms with Crippen molar-refractivity contribution in [3.63, 3.8) is 0 Å². The second kappa shape index (κ2) is 7.63. The smallest absolute Gasteiger partial charge is 0.334 e. The molecule has 3 aromatic rings. The monoisotopic (exact) mass is 444 g/mol. The fraction of sp³-hybridized carbons (Fsp3) is 0.200. The number of rotatable bonds is 3. The number of anilines is 2. The van der Waals surface area contributed by atoms with Gasteiger partial charge in [0.15, 0.2) is 0 Å². The zero-order valence-electron chi connectivity index (χ0n) is 14.9. The van der Waals surface area contributed by atoms with E-state index in [0.29, 0.717) is 37.7 Å². The van der Waals surface area contributed by atoms with Crippen LogP contribution in [0.25, 0.3) is 5.69 Å². The van der Waals surface area contributed by atoms with Crippen molar-refractivity contribution in [3.05, 3.63) is 85.7 Å². The molecule has 1 N–H and O–H groups in total. The number of benzene rings is 2. The summed E-state index contributed by atoms with van der Waals surface area (Å²) in [6.45, 7) is 2.71. The minimum absolute atomic E-state index is 0.258. The first kappa shape index (κ1) is 18.5. The SMILES string of the molecule is O=c1cc(N2CCN(c3ccc(F)cc3)CC2)[nH]c(=O)n1-c1cccc(Br)c1. The first-order chi connectivity index (χ1) is 13.5. The highest BCUT2D eigenvalue weighted by Gasteiger charge is 2.19. The third kappa shape index (κ3) is 3.73. The zero-order valence-corrected chi connectivity index (χ0v) is 16.5. The molecule has 144 valence electrons. The lowest BCUT2D eigenvalue weighted by atomic mass is 10.2. The Kier molecular flexibility index (Phi) is 5.04. The van der Waals surface area contributed by atoms with Crippen molar-refractivity contribution in [1.29, 1.82) is 0 Å². The fourth-order valence-corrected chi connectivity index (χ4v) is 3.76. The van der Waals surface area contributed by atoms with Crippen molar-refractivity contribution < 1.29 is 4.39 Å². The Morgan fingerprint density at radius 1 is 0.857 bits per heavy atom. The topological polar surface area (TPSA) is 61.3 Å². The quantitative estimate of drug-likeness (QED) is 0.674. The van der Waals surface area contributed by atoms with Crippen LogP contribution in [0.4, 0.5) is 15.9 Å². The molecule has 1 saturated heterocycles. The first-order valence-electron chi connectivity index (χ1n) is 8.89. The van der Waals surface area contributed by atoms with Crippen LogP contribution in [0.15, 0.2) is 68.7 Å². The van der Waals surface area contributed by atoms with Crippen molar-refractivity contribution >= 4 is 27.4 Å². The van der Waals surface area contributed by atoms with Crippen LogP contribution >= 0.6 is 15.9 Å². The molecule has 1 aliphatic rings. The minimum atomic E-state index is -0.471. The fourth-order valence-electron chi connectivity index (χ4n) is 3.37. The summed E-state index contributed by atoms with van der Waals surface area (Å²) in [7, 11) is 0. The maximum Gasteiger partial charge on any atom is 0.334 e. The van der Waals surface area contributed by atoms with Gasteiger partial charge in [-0.2, -0.15) is 0 Å². The Morgan fingerprint density at radius 3 is 2.18 bits per heavy atom. The number of aromatic amines is 1. The predicted molar refractivity (Wildman–Crippen MR) is 111 cm³/mol. The lowest BCUT2D eigenvalue weighted by Crippen LogP contribution is -2.48. The lowest BCUT2D eigenvalue weighted by molar-refractivity contribution is 0.623. The molecular weight excluding hydrogens is 427 g/mol. The average Bonchev–Trinajstić information content (AvgIpc) is 2.68. The summed E-state index contributed by atoms with van der Waals surface area (Å²) in [5.74, 6) is 0.256. The molecule has 0 saturated carbocycles. The van der Waals surface area contributed by atoms with Crippen LogP contribution in [0.5, 0.6) is 0 Å². The van der Waals surface area contributed by atoms with Crippen molar-refractivity contribution in [3.8, 4) is 5.69 Å². The molecule has 0 bridgehead atoms. The number of aromatic nitrogens is 2. The van der Waals surface area contributed by atoms with E-state index in [4.69, 9.17) is 0 Å². The molecule has 2 heterocycles. The molecule has 0 unspecified atom stereocenters. The molecule has 1 aliphatic heterocycles. The van der Waals surface area contributed by atoms with Gasteiger partial charge in [-0.15, -0.1) is 0 Å². The van der Waals surface area contributed by atoms with Crippen LogP contribution in [-0.2, 0) is 0 Å². The molecule has 28 heavy (non-hydrogen) atoms. The molecule has 2 aromatic carbocycles. The van der Waals surface area contributed by atoms with Crippen molar-refractivity contribution in [1.82, 2.24) is 9.55 Å². The minimum Gasteiger partial charge on any atom is -0.368 e. The van der Waals surface area contributed by atoms with Crippen molar-refractivity contribution in [2.75, 3.05) is 36.0 Å². The van der Waals surface area contributed by atoms with Gasteiger partial charge in [-0.3, -0.25) is 9.78 Å². The van der Waals surface area contributed by atoms with Crippen LogP contribution in [0.2, 0.25) is 0 Å². The van der Waals surface area contributed by atoms with Gasteiger partial charge in [0, 0.05) is 42.4 Å². The normalized spacial score (nSPS) is 14.4. The largest absolute Gasteiger partial charge is 0.368 e. The molecule has 0 amide bonds. The average molecular weight is 445 g/mol. The lowest BCUT2D eigenvalue weighted by Gasteiger charge is -2.36. The summed E-state index contributed by atoms with van der Waals surface area (Å²) >= 11 is 3.35. The van der Waals surface area contributed by atoms with Gasteiger partial charge in [-0.05, 0) is 42.5 Å². The predicted octanol–water partition coefficient (Wildman–Crippen LogP) is 2.75. The molecule has 8 heteroatoms. The van der Waals surface area contributed by atoms with E-state index >= 15 is 0 Å². The third-order valence-electron chi connectivity index (χ3n) is 4.80. The number of halogens is 2. The number of nitrogens with one attached hydrogen (secondary N) is 1. The van der Waals surface area contributed by atoms with E-state index in [9.17, 15) is 14.0 Å². The van der Waals surface area contributed by atoms with Crippen molar-refractivity contribution in [2.24, 2.45) is 0 Å². The second-order valence-corrected chi connectivity index (χ2v) is 7.48. The molecule has 6 nitrogen and oxygen atoms in total. The van der Waals surface area contributed by atoms with E-state index in [2.05, 4.69) is 25.8 Å². The Morgan fingerprint density at radius 2 is 1.54 bits per heavy atom. The first-order valence-corrected chi connectivity index (χ1v) is 9.68. The third-order valence-corrected chi connectivity index (χ3v) is 5.29. The van der Waals surface area contributed by atoms with Gasteiger partial charge in [0.1, 0.15) is 11.6 Å². The molecule has 4 rings (SSSR count). The van der Waals surface area contributed by atoms with Gasteiger partial charge in [0.25, 0.3) is 5.56 Å². The zero-order chi connectivity index (χ0) is 19.7. The standard InChI is InChI=1S/C20H18BrFN4O2/c21-14-2-1-3-17(12-14)26-19(27)13-18(23-20(26)28)25-10-8-24(9-11-25)16-6-4-15(22)5-7-16/h1-7,12-13H,8-11H2,(H,23,28). The van der Waals surface area contributed by atoms with Gasteiger partial charge in [-0.1, -0.05) is 22.0 Å². The van der Waals surface area contributed by atoms with Gasteiger partial charge in [0.2, 0.25) is 0 Å². The summed E-state index contributed by atoms with van der Waals surface area (Å²) in [5.41, 5.74) is 0.618. The van der Waals surface area contributed by atoms with Crippen LogP contribution in [0, 0.1) is 5.82 Å². The van der Waals surface area contributed by atoms with E-state index in [1.807, 2.05) is 11.0 Å². The summed E-state index contributed by atoms with van der Waals surface area (Å²) in [5, 5.41) is 0. The van der Waals surface area contributed by atoms with Gasteiger partial charge in [-0.25, -0.2) is 13.8 Å². The Balaban J connectivity index is 1.54.